The van der Waals surface area contributed by atoms with Crippen molar-refractivity contribution in [3.8, 4) is 23.0 Å². The Bertz CT molecular complexity index is 1130. The van der Waals surface area contributed by atoms with Crippen molar-refractivity contribution in [2.24, 2.45) is 5.10 Å². The minimum Gasteiger partial charge on any atom is -0.490 e. The van der Waals surface area contributed by atoms with Crippen molar-refractivity contribution in [2.75, 3.05) is 13.4 Å². The van der Waals surface area contributed by atoms with E-state index in [0.29, 0.717) is 46.8 Å². The first-order valence-corrected chi connectivity index (χ1v) is 10.4. The Kier molecular flexibility index (Phi) is 6.77. The molecule has 1 amide bonds. The standard InChI is InChI=1S/C24H21ClN2O5/c1-2-29-22-11-17(5-9-20(22)30-14-16-3-7-19(25)8-4-16)13-26-27-24(28)18-6-10-21-23(12-18)32-15-31-21/h3-13H,2,14-15H2,1H3,(H,27,28)/b26-13+. The highest BCUT2D eigenvalue weighted by molar-refractivity contribution is 6.30. The van der Waals surface area contributed by atoms with Crippen LogP contribution in [0.1, 0.15) is 28.4 Å². The van der Waals surface area contributed by atoms with Gasteiger partial charge in [0.25, 0.3) is 5.91 Å². The molecular weight excluding hydrogens is 432 g/mol. The summed E-state index contributed by atoms with van der Waals surface area (Å²) in [5.41, 5.74) is 4.67. The van der Waals surface area contributed by atoms with Crippen LogP contribution in [0.5, 0.6) is 23.0 Å². The number of ether oxygens (including phenoxy) is 4. The van der Waals surface area contributed by atoms with Gasteiger partial charge in [0.05, 0.1) is 12.8 Å². The van der Waals surface area contributed by atoms with Crippen LogP contribution in [-0.2, 0) is 6.61 Å². The zero-order valence-electron chi connectivity index (χ0n) is 17.3. The van der Waals surface area contributed by atoms with Gasteiger partial charge in [-0.15, -0.1) is 0 Å². The Labute approximate surface area is 190 Å². The van der Waals surface area contributed by atoms with Crippen LogP contribution in [0.4, 0.5) is 0 Å². The molecule has 1 aliphatic rings. The first kappa shape index (κ1) is 21.5. The van der Waals surface area contributed by atoms with E-state index < -0.39 is 0 Å². The maximum atomic E-state index is 12.3. The average molecular weight is 453 g/mol. The lowest BCUT2D eigenvalue weighted by molar-refractivity contribution is 0.0954. The summed E-state index contributed by atoms with van der Waals surface area (Å²) in [7, 11) is 0. The molecule has 4 rings (SSSR count). The summed E-state index contributed by atoms with van der Waals surface area (Å²) in [4.78, 5) is 12.3. The predicted molar refractivity (Wildman–Crippen MR) is 121 cm³/mol. The van der Waals surface area contributed by atoms with Crippen LogP contribution in [0.15, 0.2) is 65.8 Å². The fourth-order valence-electron chi connectivity index (χ4n) is 3.00. The van der Waals surface area contributed by atoms with E-state index >= 15 is 0 Å². The fourth-order valence-corrected chi connectivity index (χ4v) is 3.13. The molecule has 0 atom stereocenters. The van der Waals surface area contributed by atoms with Gasteiger partial charge in [0.15, 0.2) is 23.0 Å². The minimum absolute atomic E-state index is 0.153. The van der Waals surface area contributed by atoms with E-state index in [-0.39, 0.29) is 12.7 Å². The van der Waals surface area contributed by atoms with Crippen LogP contribution in [0.2, 0.25) is 5.02 Å². The molecule has 3 aromatic rings. The van der Waals surface area contributed by atoms with Crippen LogP contribution >= 0.6 is 11.6 Å². The zero-order valence-corrected chi connectivity index (χ0v) is 18.1. The summed E-state index contributed by atoms with van der Waals surface area (Å²) in [6.07, 6.45) is 1.54. The SMILES string of the molecule is CCOc1cc(/C=N/NC(=O)c2ccc3c(c2)OCO3)ccc1OCc1ccc(Cl)cc1. The number of halogens is 1. The fraction of sp³-hybridized carbons (Fsp3) is 0.167. The smallest absolute Gasteiger partial charge is 0.271 e. The number of nitrogens with zero attached hydrogens (tertiary/aromatic N) is 1. The molecule has 0 aliphatic carbocycles. The van der Waals surface area contributed by atoms with Crippen LogP contribution in [0.25, 0.3) is 0 Å². The van der Waals surface area contributed by atoms with Gasteiger partial charge in [-0.25, -0.2) is 5.43 Å². The van der Waals surface area contributed by atoms with Gasteiger partial charge in [-0.1, -0.05) is 23.7 Å². The summed E-state index contributed by atoms with van der Waals surface area (Å²) >= 11 is 5.92. The summed E-state index contributed by atoms with van der Waals surface area (Å²) < 4.78 is 22.1. The van der Waals surface area contributed by atoms with Crippen LogP contribution in [0, 0.1) is 0 Å². The van der Waals surface area contributed by atoms with E-state index in [0.717, 1.165) is 11.1 Å². The van der Waals surface area contributed by atoms with Crippen molar-refractivity contribution in [3.63, 3.8) is 0 Å². The lowest BCUT2D eigenvalue weighted by Gasteiger charge is -2.12. The lowest BCUT2D eigenvalue weighted by atomic mass is 10.2. The first-order valence-electron chi connectivity index (χ1n) is 9.99. The van der Waals surface area contributed by atoms with Crippen molar-refractivity contribution in [1.82, 2.24) is 5.43 Å². The number of carbonyl (C=O) groups excluding carboxylic acids is 1. The molecule has 0 fully saturated rings. The molecule has 3 aromatic carbocycles. The van der Waals surface area contributed by atoms with Crippen LogP contribution in [-0.4, -0.2) is 25.5 Å². The van der Waals surface area contributed by atoms with Gasteiger partial charge in [0.2, 0.25) is 6.79 Å². The highest BCUT2D eigenvalue weighted by Gasteiger charge is 2.16. The second-order valence-electron chi connectivity index (χ2n) is 6.82. The molecule has 32 heavy (non-hydrogen) atoms. The highest BCUT2D eigenvalue weighted by atomic mass is 35.5. The Morgan fingerprint density at radius 3 is 2.66 bits per heavy atom. The molecule has 0 spiro atoms. The Hall–Kier alpha value is -3.71. The number of benzene rings is 3. The maximum absolute atomic E-state index is 12.3. The summed E-state index contributed by atoms with van der Waals surface area (Å²) in [5.74, 6) is 2.01. The van der Waals surface area contributed by atoms with E-state index in [2.05, 4.69) is 10.5 Å². The Balaban J connectivity index is 1.39. The molecular formula is C24H21ClN2O5. The van der Waals surface area contributed by atoms with Gasteiger partial charge in [-0.2, -0.15) is 5.10 Å². The van der Waals surface area contributed by atoms with E-state index in [1.54, 1.807) is 24.3 Å². The van der Waals surface area contributed by atoms with Gasteiger partial charge in [-0.05, 0) is 66.6 Å². The van der Waals surface area contributed by atoms with Crippen molar-refractivity contribution < 1.29 is 23.7 Å². The number of fused-ring (bicyclic) bond motifs is 1. The largest absolute Gasteiger partial charge is 0.490 e. The molecule has 1 N–H and O–H groups in total. The van der Waals surface area contributed by atoms with E-state index in [1.807, 2.05) is 43.3 Å². The van der Waals surface area contributed by atoms with Crippen LogP contribution in [0.3, 0.4) is 0 Å². The lowest BCUT2D eigenvalue weighted by Crippen LogP contribution is -2.17. The van der Waals surface area contributed by atoms with Crippen LogP contribution < -0.4 is 24.4 Å². The Morgan fingerprint density at radius 2 is 1.84 bits per heavy atom. The van der Waals surface area contributed by atoms with Crippen molar-refractivity contribution >= 4 is 23.7 Å². The minimum atomic E-state index is -0.354. The Morgan fingerprint density at radius 1 is 1.03 bits per heavy atom. The maximum Gasteiger partial charge on any atom is 0.271 e. The molecule has 0 aromatic heterocycles. The molecule has 7 nitrogen and oxygen atoms in total. The van der Waals surface area contributed by atoms with Crippen molar-refractivity contribution in [1.29, 1.82) is 0 Å². The third kappa shape index (κ3) is 5.31. The molecule has 1 heterocycles. The average Bonchev–Trinajstić information content (AvgIpc) is 3.28. The second-order valence-corrected chi connectivity index (χ2v) is 7.26. The van der Waals surface area contributed by atoms with E-state index in [4.69, 9.17) is 30.5 Å². The number of hydrogen-bond donors (Lipinski definition) is 1. The van der Waals surface area contributed by atoms with Gasteiger partial charge in [0.1, 0.15) is 6.61 Å². The van der Waals surface area contributed by atoms with E-state index in [9.17, 15) is 4.79 Å². The van der Waals surface area contributed by atoms with Gasteiger partial charge in [0, 0.05) is 10.6 Å². The van der Waals surface area contributed by atoms with Gasteiger partial charge < -0.3 is 18.9 Å². The van der Waals surface area contributed by atoms with Crippen molar-refractivity contribution in [2.45, 2.75) is 13.5 Å². The number of hydrogen-bond acceptors (Lipinski definition) is 6. The normalized spacial score (nSPS) is 12.1. The van der Waals surface area contributed by atoms with Gasteiger partial charge in [-0.3, -0.25) is 4.79 Å². The zero-order chi connectivity index (χ0) is 22.3. The number of nitrogens with one attached hydrogen (secondary N) is 1. The topological polar surface area (TPSA) is 78.4 Å². The third-order valence-corrected chi connectivity index (χ3v) is 4.84. The highest BCUT2D eigenvalue weighted by Crippen LogP contribution is 2.32. The number of carbonyl (C=O) groups is 1. The predicted octanol–water partition coefficient (Wildman–Crippen LogP) is 4.81. The molecule has 1 aliphatic heterocycles. The number of hydrazone groups is 1. The molecule has 0 unspecified atom stereocenters. The summed E-state index contributed by atoms with van der Waals surface area (Å²) in [5, 5.41) is 4.72. The second kappa shape index (κ2) is 10.1. The quantitative estimate of drug-likeness (QED) is 0.392. The monoisotopic (exact) mass is 452 g/mol. The summed E-state index contributed by atoms with van der Waals surface area (Å²) in [6, 6.07) is 17.9. The van der Waals surface area contributed by atoms with E-state index in [1.165, 1.54) is 6.21 Å². The molecule has 0 bridgehead atoms. The van der Waals surface area contributed by atoms with Gasteiger partial charge >= 0.3 is 0 Å². The molecule has 0 radical (unpaired) electrons. The molecule has 0 saturated carbocycles. The number of rotatable bonds is 8. The van der Waals surface area contributed by atoms with Crippen molar-refractivity contribution in [3.05, 3.63) is 82.4 Å². The third-order valence-electron chi connectivity index (χ3n) is 4.59. The molecule has 164 valence electrons. The molecule has 0 saturated heterocycles. The number of amides is 1. The first-order chi connectivity index (χ1) is 15.6. The summed E-state index contributed by atoms with van der Waals surface area (Å²) in [6.45, 7) is 2.92. The molecule has 8 heteroatoms.